The number of para-hydroxylation sites is 1. The Hall–Kier alpha value is -0.650. The third-order valence-electron chi connectivity index (χ3n) is 1.96. The number of aromatic nitrogens is 2. The fourth-order valence-corrected chi connectivity index (χ4v) is 1.96. The Morgan fingerprint density at radius 3 is 2.62 bits per heavy atom. The average Bonchev–Trinajstić information content (AvgIpc) is 2.28. The first-order valence-electron chi connectivity index (χ1n) is 4.29. The Bertz CT molecular complexity index is 598. The molecule has 2 aromatic rings. The summed E-state index contributed by atoms with van der Waals surface area (Å²) in [7, 11) is 0. The monoisotopic (exact) mass is 362 g/mol. The van der Waals surface area contributed by atoms with Gasteiger partial charge in [0, 0.05) is 0 Å². The maximum Gasteiger partial charge on any atom is 0.286 e. The van der Waals surface area contributed by atoms with E-state index in [2.05, 4.69) is 37.0 Å². The Balaban J connectivity index is 2.72. The molecule has 0 aliphatic rings. The van der Waals surface area contributed by atoms with Crippen molar-refractivity contribution in [1.82, 2.24) is 9.78 Å². The zero-order chi connectivity index (χ0) is 11.7. The molecule has 1 aromatic heterocycles. The highest BCUT2D eigenvalue weighted by Crippen LogP contribution is 2.21. The first-order chi connectivity index (χ1) is 7.61. The Kier molecular flexibility index (Phi) is 3.47. The van der Waals surface area contributed by atoms with Gasteiger partial charge in [-0.3, -0.25) is 4.79 Å². The van der Waals surface area contributed by atoms with Gasteiger partial charge in [-0.1, -0.05) is 23.7 Å². The molecule has 3 nitrogen and oxygen atoms in total. The summed E-state index contributed by atoms with van der Waals surface area (Å²) in [6.45, 7) is 0. The van der Waals surface area contributed by atoms with Gasteiger partial charge in [0.15, 0.2) is 0 Å². The van der Waals surface area contributed by atoms with Crippen LogP contribution in [0.5, 0.6) is 0 Å². The van der Waals surface area contributed by atoms with E-state index in [9.17, 15) is 4.79 Å². The van der Waals surface area contributed by atoms with Crippen molar-refractivity contribution in [2.45, 2.75) is 0 Å². The second kappa shape index (κ2) is 4.69. The van der Waals surface area contributed by atoms with Gasteiger partial charge in [-0.2, -0.15) is 9.78 Å². The molecule has 0 unspecified atom stereocenters. The second-order valence-corrected chi connectivity index (χ2v) is 5.03. The van der Waals surface area contributed by atoms with Crippen LogP contribution in [0.4, 0.5) is 0 Å². The van der Waals surface area contributed by atoms with Crippen molar-refractivity contribution in [2.75, 3.05) is 0 Å². The molecule has 16 heavy (non-hydrogen) atoms. The molecule has 0 saturated carbocycles. The largest absolute Gasteiger partial charge is 0.286 e. The zero-order valence-corrected chi connectivity index (χ0v) is 11.8. The number of nitrogens with zero attached hydrogens (tertiary/aromatic N) is 2. The molecule has 0 atom stereocenters. The molecule has 1 aromatic carbocycles. The van der Waals surface area contributed by atoms with Crippen LogP contribution in [0.25, 0.3) is 5.69 Å². The number of benzene rings is 1. The van der Waals surface area contributed by atoms with Crippen LogP contribution < -0.4 is 5.56 Å². The molecule has 0 bridgehead atoms. The van der Waals surface area contributed by atoms with Crippen molar-refractivity contribution < 1.29 is 0 Å². The van der Waals surface area contributed by atoms with Crippen LogP contribution in [0, 0.1) is 0 Å². The molecule has 1 heterocycles. The van der Waals surface area contributed by atoms with Gasteiger partial charge in [0.25, 0.3) is 5.56 Å². The lowest BCUT2D eigenvalue weighted by molar-refractivity contribution is 0.796. The van der Waals surface area contributed by atoms with E-state index in [0.717, 1.165) is 0 Å². The number of halogens is 3. The molecule has 0 spiro atoms. The molecule has 0 amide bonds. The molecule has 0 N–H and O–H groups in total. The standard InChI is InChI=1S/C10H5Br2ClN2O/c11-6-5-14-15(10(16)9(6)12)8-4-2-1-3-7(8)13/h1-5H. The van der Waals surface area contributed by atoms with E-state index in [4.69, 9.17) is 11.6 Å². The van der Waals surface area contributed by atoms with Crippen molar-refractivity contribution in [3.05, 3.63) is 54.8 Å². The van der Waals surface area contributed by atoms with Crippen LogP contribution in [0.1, 0.15) is 0 Å². The van der Waals surface area contributed by atoms with Crippen molar-refractivity contribution in [3.8, 4) is 5.69 Å². The fraction of sp³-hybridized carbons (Fsp3) is 0. The maximum absolute atomic E-state index is 11.9. The van der Waals surface area contributed by atoms with Crippen LogP contribution in [0.3, 0.4) is 0 Å². The molecule has 0 saturated heterocycles. The smallest absolute Gasteiger partial charge is 0.266 e. The summed E-state index contributed by atoms with van der Waals surface area (Å²) in [5.74, 6) is 0. The second-order valence-electron chi connectivity index (χ2n) is 2.97. The number of hydrogen-bond acceptors (Lipinski definition) is 2. The van der Waals surface area contributed by atoms with Crippen molar-refractivity contribution in [2.24, 2.45) is 0 Å². The van der Waals surface area contributed by atoms with Gasteiger partial charge >= 0.3 is 0 Å². The summed E-state index contributed by atoms with van der Waals surface area (Å²) in [4.78, 5) is 11.9. The molecule has 0 aliphatic heterocycles. The van der Waals surface area contributed by atoms with Gasteiger partial charge in [0.1, 0.15) is 4.47 Å². The Morgan fingerprint density at radius 2 is 1.94 bits per heavy atom. The van der Waals surface area contributed by atoms with E-state index in [0.29, 0.717) is 19.7 Å². The average molecular weight is 364 g/mol. The highest BCUT2D eigenvalue weighted by Gasteiger charge is 2.10. The topological polar surface area (TPSA) is 34.9 Å². The minimum atomic E-state index is -0.262. The molecule has 0 radical (unpaired) electrons. The summed E-state index contributed by atoms with van der Waals surface area (Å²) in [5.41, 5.74) is 0.296. The van der Waals surface area contributed by atoms with Crippen molar-refractivity contribution in [3.63, 3.8) is 0 Å². The molecule has 2 rings (SSSR count). The first kappa shape index (κ1) is 11.8. The van der Waals surface area contributed by atoms with E-state index < -0.39 is 0 Å². The van der Waals surface area contributed by atoms with Gasteiger partial charge in [-0.25, -0.2) is 0 Å². The van der Waals surface area contributed by atoms with Gasteiger partial charge in [0.2, 0.25) is 0 Å². The summed E-state index contributed by atoms with van der Waals surface area (Å²) < 4.78 is 2.28. The van der Waals surface area contributed by atoms with E-state index in [1.54, 1.807) is 24.3 Å². The van der Waals surface area contributed by atoms with Gasteiger partial charge in [-0.05, 0) is 44.0 Å². The summed E-state index contributed by atoms with van der Waals surface area (Å²) in [6.07, 6.45) is 1.54. The highest BCUT2D eigenvalue weighted by molar-refractivity contribution is 9.13. The van der Waals surface area contributed by atoms with Crippen LogP contribution in [0.2, 0.25) is 5.02 Å². The lowest BCUT2D eigenvalue weighted by Gasteiger charge is -2.06. The maximum atomic E-state index is 11.9. The van der Waals surface area contributed by atoms with E-state index in [1.165, 1.54) is 10.9 Å². The molecule has 6 heteroatoms. The molecule has 0 fully saturated rings. The SMILES string of the molecule is O=c1c(Br)c(Br)cnn1-c1ccccc1Cl. The minimum Gasteiger partial charge on any atom is -0.266 e. The number of hydrogen-bond donors (Lipinski definition) is 0. The Labute approximate surface area is 113 Å². The van der Waals surface area contributed by atoms with Crippen molar-refractivity contribution in [1.29, 1.82) is 0 Å². The summed E-state index contributed by atoms with van der Waals surface area (Å²) in [5, 5.41) is 4.49. The molecular formula is C10H5Br2ClN2O. The predicted octanol–water partition coefficient (Wildman–Crippen LogP) is 3.41. The first-order valence-corrected chi connectivity index (χ1v) is 6.26. The van der Waals surface area contributed by atoms with Gasteiger partial charge in [0.05, 0.1) is 21.4 Å². The lowest BCUT2D eigenvalue weighted by Crippen LogP contribution is -2.21. The normalized spacial score (nSPS) is 10.4. The fourth-order valence-electron chi connectivity index (χ4n) is 1.21. The van der Waals surface area contributed by atoms with E-state index >= 15 is 0 Å². The van der Waals surface area contributed by atoms with Crippen LogP contribution in [-0.4, -0.2) is 9.78 Å². The quantitative estimate of drug-likeness (QED) is 0.777. The van der Waals surface area contributed by atoms with Gasteiger partial charge in [-0.15, -0.1) is 0 Å². The molecule has 82 valence electrons. The predicted molar refractivity (Wildman–Crippen MR) is 70.2 cm³/mol. The minimum absolute atomic E-state index is 0.262. The molecule has 0 aliphatic carbocycles. The summed E-state index contributed by atoms with van der Waals surface area (Å²) >= 11 is 12.4. The zero-order valence-electron chi connectivity index (χ0n) is 7.82. The highest BCUT2D eigenvalue weighted by atomic mass is 79.9. The molecular weight excluding hydrogens is 359 g/mol. The Morgan fingerprint density at radius 1 is 1.25 bits per heavy atom. The summed E-state index contributed by atoms with van der Waals surface area (Å²) in [6, 6.07) is 7.04. The van der Waals surface area contributed by atoms with Crippen LogP contribution in [-0.2, 0) is 0 Å². The number of rotatable bonds is 1. The van der Waals surface area contributed by atoms with Crippen molar-refractivity contribution >= 4 is 43.5 Å². The van der Waals surface area contributed by atoms with Crippen LogP contribution in [0.15, 0.2) is 44.2 Å². The third-order valence-corrected chi connectivity index (χ3v) is 4.18. The van der Waals surface area contributed by atoms with Crippen LogP contribution >= 0.6 is 43.5 Å². The van der Waals surface area contributed by atoms with E-state index in [-0.39, 0.29) is 5.56 Å². The van der Waals surface area contributed by atoms with E-state index in [1.807, 2.05) is 0 Å². The third kappa shape index (κ3) is 2.07. The lowest BCUT2D eigenvalue weighted by atomic mass is 10.3. The van der Waals surface area contributed by atoms with Gasteiger partial charge < -0.3 is 0 Å².